The average Bonchev–Trinajstić information content (AvgIpc) is 3.36. The maximum absolute atomic E-state index is 13.0. The average molecular weight is 554 g/mol. The number of aliphatic hydroxyl groups is 1. The Balaban J connectivity index is 1.41. The van der Waals surface area contributed by atoms with Crippen LogP contribution < -0.4 is 20.5 Å². The quantitative estimate of drug-likeness (QED) is 0.246. The van der Waals surface area contributed by atoms with Crippen molar-refractivity contribution in [3.63, 3.8) is 0 Å². The summed E-state index contributed by atoms with van der Waals surface area (Å²) in [4.78, 5) is 26.1. The second-order valence-corrected chi connectivity index (χ2v) is 9.93. The molecule has 206 valence electrons. The van der Waals surface area contributed by atoms with Gasteiger partial charge in [0.1, 0.15) is 17.1 Å². The number of nitrogens with one attached hydrogen (secondary N) is 3. The zero-order valence-electron chi connectivity index (χ0n) is 22.1. The van der Waals surface area contributed by atoms with Crippen molar-refractivity contribution < 1.29 is 19.3 Å². The van der Waals surface area contributed by atoms with Crippen LogP contribution in [0.25, 0.3) is 22.4 Å². The van der Waals surface area contributed by atoms with E-state index < -0.39 is 6.10 Å². The summed E-state index contributed by atoms with van der Waals surface area (Å²) in [6.45, 7) is 4.84. The van der Waals surface area contributed by atoms with Crippen LogP contribution in [0.3, 0.4) is 0 Å². The fourth-order valence-corrected chi connectivity index (χ4v) is 5.15. The largest absolute Gasteiger partial charge is 0.495 e. The van der Waals surface area contributed by atoms with E-state index in [4.69, 9.17) is 30.8 Å². The van der Waals surface area contributed by atoms with Gasteiger partial charge in [0.2, 0.25) is 0 Å². The summed E-state index contributed by atoms with van der Waals surface area (Å²) in [7, 11) is 3.21. The number of morpholine rings is 1. The van der Waals surface area contributed by atoms with E-state index in [-0.39, 0.29) is 18.2 Å². The molecule has 1 aliphatic heterocycles. The number of fused-ring (bicyclic) bond motifs is 1. The summed E-state index contributed by atoms with van der Waals surface area (Å²) < 4.78 is 16.3. The highest BCUT2D eigenvalue weighted by molar-refractivity contribution is 6.32. The van der Waals surface area contributed by atoms with E-state index in [0.717, 1.165) is 35.4 Å². The van der Waals surface area contributed by atoms with Gasteiger partial charge in [0.15, 0.2) is 0 Å². The Morgan fingerprint density at radius 1 is 1.28 bits per heavy atom. The van der Waals surface area contributed by atoms with Crippen molar-refractivity contribution in [2.45, 2.75) is 19.1 Å². The lowest BCUT2D eigenvalue weighted by Crippen LogP contribution is -2.44. The molecule has 2 aromatic heterocycles. The molecule has 39 heavy (non-hydrogen) atoms. The van der Waals surface area contributed by atoms with Crippen LogP contribution >= 0.6 is 11.6 Å². The number of benzene rings is 2. The Hall–Kier alpha value is -3.57. The highest BCUT2D eigenvalue weighted by Gasteiger charge is 2.23. The number of hydrogen-bond acceptors (Lipinski definition) is 8. The summed E-state index contributed by atoms with van der Waals surface area (Å²) in [5.74, 6) is 0.972. The molecule has 4 aromatic rings. The number of hydrogen-bond donors (Lipinski definition) is 4. The molecular formula is C28H32ClN5O5. The monoisotopic (exact) mass is 553 g/mol. The maximum Gasteiger partial charge on any atom is 0.261 e. The van der Waals surface area contributed by atoms with Gasteiger partial charge in [-0.15, -0.1) is 0 Å². The molecule has 5 rings (SSSR count). The van der Waals surface area contributed by atoms with Gasteiger partial charge in [0, 0.05) is 38.6 Å². The molecule has 1 fully saturated rings. The zero-order valence-corrected chi connectivity index (χ0v) is 22.8. The third-order valence-corrected chi connectivity index (χ3v) is 7.16. The van der Waals surface area contributed by atoms with E-state index in [9.17, 15) is 9.90 Å². The molecule has 2 aromatic carbocycles. The molecule has 4 N–H and O–H groups in total. The molecule has 1 aliphatic rings. The van der Waals surface area contributed by atoms with Gasteiger partial charge in [-0.1, -0.05) is 17.7 Å². The molecule has 0 amide bonds. The number of aryl methyl sites for hydroxylation is 1. The smallest absolute Gasteiger partial charge is 0.261 e. The number of methoxy groups -OCH3 is 2. The van der Waals surface area contributed by atoms with Crippen LogP contribution in [0.5, 0.6) is 5.75 Å². The summed E-state index contributed by atoms with van der Waals surface area (Å²) in [6, 6.07) is 11.0. The van der Waals surface area contributed by atoms with Gasteiger partial charge in [0.25, 0.3) is 5.56 Å². The first-order chi connectivity index (χ1) is 18.9. The second-order valence-electron chi connectivity index (χ2n) is 9.52. The van der Waals surface area contributed by atoms with Crippen molar-refractivity contribution in [2.75, 3.05) is 57.3 Å². The molecular weight excluding hydrogens is 522 g/mol. The number of ether oxygens (including phenoxy) is 3. The van der Waals surface area contributed by atoms with Gasteiger partial charge in [-0.2, -0.15) is 0 Å². The second kappa shape index (κ2) is 11.7. The lowest BCUT2D eigenvalue weighted by molar-refractivity contribution is -0.0100. The van der Waals surface area contributed by atoms with Crippen molar-refractivity contribution in [1.29, 1.82) is 0 Å². The molecule has 1 saturated heterocycles. The molecule has 3 heterocycles. The SMILES string of the molecule is COCC1CN(c2cc(C)c3nc(-c4c(NC[C@@H](O)c5ccc(OC)c(Cl)c5)cc[nH]c4=O)[nH]c3c2)CCO1. The molecule has 0 bridgehead atoms. The van der Waals surface area contributed by atoms with Crippen molar-refractivity contribution >= 4 is 34.0 Å². The number of pyridine rings is 1. The first-order valence-electron chi connectivity index (χ1n) is 12.7. The molecule has 11 heteroatoms. The highest BCUT2D eigenvalue weighted by Crippen LogP contribution is 2.31. The Kier molecular flexibility index (Phi) is 8.08. The summed E-state index contributed by atoms with van der Waals surface area (Å²) in [5.41, 5.74) is 4.91. The number of rotatable bonds is 9. The van der Waals surface area contributed by atoms with Crippen LogP contribution in [0.15, 0.2) is 47.4 Å². The minimum Gasteiger partial charge on any atom is -0.495 e. The number of halogens is 1. The third kappa shape index (κ3) is 5.74. The van der Waals surface area contributed by atoms with Crippen LogP contribution in [-0.4, -0.2) is 73.2 Å². The Bertz CT molecular complexity index is 1520. The summed E-state index contributed by atoms with van der Waals surface area (Å²) >= 11 is 6.22. The first-order valence-corrected chi connectivity index (χ1v) is 13.1. The van der Waals surface area contributed by atoms with E-state index in [0.29, 0.717) is 46.6 Å². The van der Waals surface area contributed by atoms with E-state index >= 15 is 0 Å². The fraction of sp³-hybridized carbons (Fsp3) is 0.357. The molecule has 2 atom stereocenters. The van der Waals surface area contributed by atoms with Crippen LogP contribution in [-0.2, 0) is 9.47 Å². The van der Waals surface area contributed by atoms with Gasteiger partial charge in [-0.05, 0) is 48.4 Å². The molecule has 0 saturated carbocycles. The van der Waals surface area contributed by atoms with Crippen molar-refractivity contribution in [2.24, 2.45) is 0 Å². The number of H-pyrrole nitrogens is 2. The zero-order chi connectivity index (χ0) is 27.5. The molecule has 0 spiro atoms. The topological polar surface area (TPSA) is 125 Å². The van der Waals surface area contributed by atoms with Gasteiger partial charge in [0.05, 0.1) is 54.3 Å². The summed E-state index contributed by atoms with van der Waals surface area (Å²) in [5, 5.41) is 14.4. The van der Waals surface area contributed by atoms with Crippen LogP contribution in [0.2, 0.25) is 5.02 Å². The van der Waals surface area contributed by atoms with Gasteiger partial charge in [-0.25, -0.2) is 4.98 Å². The number of nitrogens with zero attached hydrogens (tertiary/aromatic N) is 2. The van der Waals surface area contributed by atoms with E-state index in [1.165, 1.54) is 7.11 Å². The van der Waals surface area contributed by atoms with Crippen molar-refractivity contribution in [1.82, 2.24) is 15.0 Å². The standard InChI is InChI=1S/C28H32ClN5O5/c1-16-10-18(34-8-9-39-19(14-34)15-37-2)12-22-26(16)33-27(32-22)25-21(6-7-30-28(25)36)31-13-23(35)17-4-5-24(38-3)20(29)11-17/h4-7,10-12,19,23,35H,8-9,13-15H2,1-3H3,(H,32,33)(H2,30,31,36)/t19?,23-/m1/s1. The van der Waals surface area contributed by atoms with Crippen molar-refractivity contribution in [3.8, 4) is 17.1 Å². The third-order valence-electron chi connectivity index (χ3n) is 6.86. The lowest BCUT2D eigenvalue weighted by Gasteiger charge is -2.34. The summed E-state index contributed by atoms with van der Waals surface area (Å²) in [6.07, 6.45) is 0.709. The molecule has 0 aliphatic carbocycles. The van der Waals surface area contributed by atoms with Crippen LogP contribution in [0.1, 0.15) is 17.2 Å². The normalized spacial score (nSPS) is 16.4. The van der Waals surface area contributed by atoms with Gasteiger partial charge >= 0.3 is 0 Å². The van der Waals surface area contributed by atoms with Gasteiger partial charge in [-0.3, -0.25) is 4.79 Å². The Labute approximate surface area is 230 Å². The fourth-order valence-electron chi connectivity index (χ4n) is 4.89. The van der Waals surface area contributed by atoms with E-state index in [2.05, 4.69) is 32.3 Å². The number of aromatic nitrogens is 3. The first kappa shape index (κ1) is 27.0. The van der Waals surface area contributed by atoms with E-state index in [1.54, 1.807) is 37.6 Å². The van der Waals surface area contributed by atoms with Crippen molar-refractivity contribution in [3.05, 3.63) is 69.1 Å². The highest BCUT2D eigenvalue weighted by atomic mass is 35.5. The number of aliphatic hydroxyl groups excluding tert-OH is 1. The molecule has 10 nitrogen and oxygen atoms in total. The Morgan fingerprint density at radius 3 is 2.90 bits per heavy atom. The predicted octanol–water partition coefficient (Wildman–Crippen LogP) is 3.89. The molecule has 0 radical (unpaired) electrons. The number of imidazole rings is 1. The van der Waals surface area contributed by atoms with Crippen LogP contribution in [0.4, 0.5) is 11.4 Å². The number of anilines is 2. The lowest BCUT2D eigenvalue weighted by atomic mass is 10.1. The maximum atomic E-state index is 13.0. The minimum absolute atomic E-state index is 0.0119. The van der Waals surface area contributed by atoms with E-state index in [1.807, 2.05) is 6.92 Å². The van der Waals surface area contributed by atoms with Crippen LogP contribution in [0, 0.1) is 6.92 Å². The predicted molar refractivity (Wildman–Crippen MR) is 152 cm³/mol. The molecule has 1 unspecified atom stereocenters. The minimum atomic E-state index is -0.864. The van der Waals surface area contributed by atoms with Gasteiger partial charge < -0.3 is 39.5 Å². The number of aromatic amines is 2. The Morgan fingerprint density at radius 2 is 2.13 bits per heavy atom.